The molecule has 3 rings (SSSR count). The number of rotatable bonds is 6. The molecular formula is C17H23N5O3S. The average molecular weight is 377 g/mol. The Balaban J connectivity index is 1.51. The van der Waals surface area contributed by atoms with Gasteiger partial charge in [0.2, 0.25) is 5.91 Å². The SMILES string of the molecule is CC1CCCCN1Cc1cnc(NC(=O)CCn2ccc(=O)[nH]c2=O)s1. The molecule has 0 saturated carbocycles. The average Bonchev–Trinajstić information content (AvgIpc) is 3.03. The number of amides is 1. The molecular weight excluding hydrogens is 354 g/mol. The molecule has 140 valence electrons. The van der Waals surface area contributed by atoms with Crippen LogP contribution in [0.4, 0.5) is 5.13 Å². The molecule has 0 bridgehead atoms. The number of aromatic amines is 1. The highest BCUT2D eigenvalue weighted by Gasteiger charge is 2.19. The van der Waals surface area contributed by atoms with Crippen LogP contribution in [0.5, 0.6) is 0 Å². The first-order valence-corrected chi connectivity index (χ1v) is 9.61. The lowest BCUT2D eigenvalue weighted by Gasteiger charge is -2.32. The van der Waals surface area contributed by atoms with Crippen LogP contribution in [0.3, 0.4) is 0 Å². The van der Waals surface area contributed by atoms with Gasteiger partial charge in [-0.05, 0) is 26.3 Å². The molecule has 1 saturated heterocycles. The van der Waals surface area contributed by atoms with Crippen molar-refractivity contribution in [1.82, 2.24) is 19.4 Å². The first-order valence-electron chi connectivity index (χ1n) is 8.79. The van der Waals surface area contributed by atoms with Crippen LogP contribution < -0.4 is 16.6 Å². The third-order valence-electron chi connectivity index (χ3n) is 4.58. The molecule has 1 amide bonds. The Labute approximate surface area is 154 Å². The largest absolute Gasteiger partial charge is 0.328 e. The molecule has 0 aromatic carbocycles. The van der Waals surface area contributed by atoms with Crippen molar-refractivity contribution in [1.29, 1.82) is 0 Å². The summed E-state index contributed by atoms with van der Waals surface area (Å²) in [5.41, 5.74) is -0.966. The Hall–Kier alpha value is -2.26. The summed E-state index contributed by atoms with van der Waals surface area (Å²) in [5.74, 6) is -0.213. The maximum Gasteiger partial charge on any atom is 0.328 e. The summed E-state index contributed by atoms with van der Waals surface area (Å²) < 4.78 is 1.30. The van der Waals surface area contributed by atoms with Gasteiger partial charge in [0.05, 0.1) is 0 Å². The van der Waals surface area contributed by atoms with E-state index in [1.54, 1.807) is 0 Å². The van der Waals surface area contributed by atoms with Gasteiger partial charge in [-0.1, -0.05) is 6.42 Å². The van der Waals surface area contributed by atoms with Gasteiger partial charge >= 0.3 is 5.69 Å². The van der Waals surface area contributed by atoms with Gasteiger partial charge in [0.1, 0.15) is 0 Å². The number of carbonyl (C=O) groups excluding carboxylic acids is 1. The van der Waals surface area contributed by atoms with Crippen molar-refractivity contribution in [2.45, 2.75) is 51.7 Å². The van der Waals surface area contributed by atoms with E-state index in [2.05, 4.69) is 27.1 Å². The number of hydrogen-bond acceptors (Lipinski definition) is 6. The molecule has 2 N–H and O–H groups in total. The molecule has 1 aliphatic rings. The third kappa shape index (κ3) is 4.89. The Morgan fingerprint density at radius 1 is 1.42 bits per heavy atom. The van der Waals surface area contributed by atoms with Crippen LogP contribution in [0.2, 0.25) is 0 Å². The smallest absolute Gasteiger partial charge is 0.302 e. The minimum absolute atomic E-state index is 0.129. The van der Waals surface area contributed by atoms with Crippen LogP contribution in [0.25, 0.3) is 0 Å². The number of H-pyrrole nitrogens is 1. The van der Waals surface area contributed by atoms with Gasteiger partial charge in [0.15, 0.2) is 5.13 Å². The van der Waals surface area contributed by atoms with E-state index >= 15 is 0 Å². The Kier molecular flexibility index (Phi) is 6.00. The predicted octanol–water partition coefficient (Wildman–Crippen LogP) is 1.40. The highest BCUT2D eigenvalue weighted by atomic mass is 32.1. The van der Waals surface area contributed by atoms with Crippen molar-refractivity contribution < 1.29 is 4.79 Å². The van der Waals surface area contributed by atoms with Gasteiger partial charge in [0.25, 0.3) is 5.56 Å². The van der Waals surface area contributed by atoms with Crippen LogP contribution in [0, 0.1) is 0 Å². The molecule has 2 aromatic rings. The number of nitrogens with one attached hydrogen (secondary N) is 2. The van der Waals surface area contributed by atoms with Crippen LogP contribution in [-0.2, 0) is 17.9 Å². The Morgan fingerprint density at radius 2 is 2.27 bits per heavy atom. The molecule has 0 spiro atoms. The molecule has 2 aromatic heterocycles. The second kappa shape index (κ2) is 8.41. The highest BCUT2D eigenvalue weighted by molar-refractivity contribution is 7.15. The van der Waals surface area contributed by atoms with Crippen molar-refractivity contribution >= 4 is 22.4 Å². The maximum atomic E-state index is 12.1. The summed E-state index contributed by atoms with van der Waals surface area (Å²) in [5, 5.41) is 3.35. The second-order valence-electron chi connectivity index (χ2n) is 6.55. The number of piperidine rings is 1. The normalized spacial score (nSPS) is 18.0. The Bertz CT molecular complexity index is 872. The van der Waals surface area contributed by atoms with E-state index < -0.39 is 11.2 Å². The summed E-state index contributed by atoms with van der Waals surface area (Å²) in [6.45, 7) is 4.42. The van der Waals surface area contributed by atoms with E-state index in [9.17, 15) is 14.4 Å². The zero-order chi connectivity index (χ0) is 18.5. The van der Waals surface area contributed by atoms with Crippen molar-refractivity contribution in [3.8, 4) is 0 Å². The summed E-state index contributed by atoms with van der Waals surface area (Å²) in [6.07, 6.45) is 7.08. The van der Waals surface area contributed by atoms with E-state index in [-0.39, 0.29) is 18.9 Å². The molecule has 1 fully saturated rings. The molecule has 26 heavy (non-hydrogen) atoms. The number of likely N-dealkylation sites (tertiary alicyclic amines) is 1. The fourth-order valence-electron chi connectivity index (χ4n) is 3.06. The molecule has 9 heteroatoms. The summed E-state index contributed by atoms with van der Waals surface area (Å²) in [4.78, 5) is 44.7. The van der Waals surface area contributed by atoms with Crippen LogP contribution >= 0.6 is 11.3 Å². The molecule has 3 heterocycles. The van der Waals surface area contributed by atoms with Crippen LogP contribution in [0.15, 0.2) is 28.0 Å². The van der Waals surface area contributed by atoms with Crippen molar-refractivity contribution in [2.75, 3.05) is 11.9 Å². The Morgan fingerprint density at radius 3 is 3.04 bits per heavy atom. The number of aromatic nitrogens is 3. The monoisotopic (exact) mass is 377 g/mol. The van der Waals surface area contributed by atoms with E-state index in [0.29, 0.717) is 11.2 Å². The first kappa shape index (κ1) is 18.5. The van der Waals surface area contributed by atoms with E-state index in [4.69, 9.17) is 0 Å². The van der Waals surface area contributed by atoms with E-state index in [1.807, 2.05) is 6.20 Å². The third-order valence-corrected chi connectivity index (χ3v) is 5.47. The van der Waals surface area contributed by atoms with Gasteiger partial charge in [-0.2, -0.15) is 0 Å². The second-order valence-corrected chi connectivity index (χ2v) is 7.66. The van der Waals surface area contributed by atoms with Crippen molar-refractivity contribution in [3.05, 3.63) is 44.2 Å². The highest BCUT2D eigenvalue weighted by Crippen LogP contribution is 2.24. The summed E-state index contributed by atoms with van der Waals surface area (Å²) in [6, 6.07) is 1.84. The molecule has 8 nitrogen and oxygen atoms in total. The molecule has 1 aliphatic heterocycles. The zero-order valence-corrected chi connectivity index (χ0v) is 15.6. The number of thiazole rings is 1. The fourth-order valence-corrected chi connectivity index (χ4v) is 3.91. The van der Waals surface area contributed by atoms with Gasteiger partial charge in [0, 0.05) is 48.9 Å². The van der Waals surface area contributed by atoms with Gasteiger partial charge in [-0.15, -0.1) is 11.3 Å². The lowest BCUT2D eigenvalue weighted by Crippen LogP contribution is -2.36. The topological polar surface area (TPSA) is 100 Å². The minimum Gasteiger partial charge on any atom is -0.302 e. The predicted molar refractivity (Wildman–Crippen MR) is 100 cm³/mol. The minimum atomic E-state index is -0.516. The number of nitrogens with zero attached hydrogens (tertiary/aromatic N) is 3. The fraction of sp³-hybridized carbons (Fsp3) is 0.529. The van der Waals surface area contributed by atoms with Crippen LogP contribution in [0.1, 0.15) is 37.5 Å². The number of carbonyl (C=O) groups is 1. The van der Waals surface area contributed by atoms with Crippen molar-refractivity contribution in [3.63, 3.8) is 0 Å². The molecule has 1 unspecified atom stereocenters. The van der Waals surface area contributed by atoms with Gasteiger partial charge in [-0.3, -0.25) is 19.5 Å². The zero-order valence-electron chi connectivity index (χ0n) is 14.7. The number of anilines is 1. The van der Waals surface area contributed by atoms with Gasteiger partial charge < -0.3 is 9.88 Å². The number of hydrogen-bond donors (Lipinski definition) is 2. The van der Waals surface area contributed by atoms with E-state index in [1.165, 1.54) is 47.4 Å². The molecule has 0 aliphatic carbocycles. The summed E-state index contributed by atoms with van der Waals surface area (Å²) >= 11 is 1.48. The summed E-state index contributed by atoms with van der Waals surface area (Å²) in [7, 11) is 0. The van der Waals surface area contributed by atoms with Gasteiger partial charge in [-0.25, -0.2) is 9.78 Å². The van der Waals surface area contributed by atoms with Crippen LogP contribution in [-0.4, -0.2) is 37.9 Å². The maximum absolute atomic E-state index is 12.1. The van der Waals surface area contributed by atoms with Crippen molar-refractivity contribution in [2.24, 2.45) is 0 Å². The molecule has 0 radical (unpaired) electrons. The quantitative estimate of drug-likeness (QED) is 0.793. The lowest BCUT2D eigenvalue weighted by atomic mass is 10.0. The van der Waals surface area contributed by atoms with E-state index in [0.717, 1.165) is 18.0 Å². The molecule has 1 atom stereocenters. The standard InChI is InChI=1S/C17H23N5O3S/c1-12-4-2-3-7-22(12)11-13-10-18-16(26-13)19-14(23)5-8-21-9-6-15(24)20-17(21)25/h6,9-10,12H,2-5,7-8,11H2,1H3,(H,18,19,23)(H,20,24,25). The lowest BCUT2D eigenvalue weighted by molar-refractivity contribution is -0.116. The first-order chi connectivity index (χ1) is 12.5. The number of aryl methyl sites for hydroxylation is 1.